The van der Waals surface area contributed by atoms with Gasteiger partial charge in [-0.3, -0.25) is 0 Å². The Morgan fingerprint density at radius 2 is 2.13 bits per heavy atom. The maximum absolute atomic E-state index is 12.7. The summed E-state index contributed by atoms with van der Waals surface area (Å²) >= 11 is 0. The third-order valence-electron chi connectivity index (χ3n) is 4.09. The number of rotatable bonds is 3. The van der Waals surface area contributed by atoms with Gasteiger partial charge in [0.15, 0.2) is 5.69 Å². The van der Waals surface area contributed by atoms with Crippen LogP contribution in [0.2, 0.25) is 0 Å². The highest BCUT2D eigenvalue weighted by atomic mass is 19.4. The summed E-state index contributed by atoms with van der Waals surface area (Å²) < 4.78 is 39.9. The highest BCUT2D eigenvalue weighted by Crippen LogP contribution is 2.31. The average molecular weight is 325 g/mol. The van der Waals surface area contributed by atoms with Crippen LogP contribution in [0, 0.1) is 12.8 Å². The Balaban J connectivity index is 1.69. The van der Waals surface area contributed by atoms with E-state index in [1.165, 1.54) is 6.33 Å². The molecule has 23 heavy (non-hydrogen) atoms. The van der Waals surface area contributed by atoms with Gasteiger partial charge in [0, 0.05) is 44.5 Å². The average Bonchev–Trinajstić information content (AvgIpc) is 2.90. The topological polar surface area (TPSA) is 46.8 Å². The molecule has 3 heterocycles. The molecule has 8 heteroatoms. The van der Waals surface area contributed by atoms with Crippen molar-refractivity contribution in [3.8, 4) is 0 Å². The Kier molecular flexibility index (Phi) is 3.99. The Morgan fingerprint density at radius 1 is 1.35 bits per heavy atom. The van der Waals surface area contributed by atoms with Gasteiger partial charge in [-0.15, -0.1) is 0 Å². The molecule has 2 aromatic heterocycles. The van der Waals surface area contributed by atoms with Gasteiger partial charge in [-0.25, -0.2) is 15.0 Å². The molecule has 0 aromatic carbocycles. The normalized spacial score (nSPS) is 17.9. The zero-order valence-corrected chi connectivity index (χ0v) is 13.0. The van der Waals surface area contributed by atoms with Gasteiger partial charge < -0.3 is 9.47 Å². The van der Waals surface area contributed by atoms with Crippen LogP contribution < -0.4 is 4.90 Å². The third kappa shape index (κ3) is 3.46. The molecule has 0 radical (unpaired) electrons. The third-order valence-corrected chi connectivity index (χ3v) is 4.09. The van der Waals surface area contributed by atoms with Crippen molar-refractivity contribution >= 4 is 5.82 Å². The van der Waals surface area contributed by atoms with Crippen LogP contribution in [-0.2, 0) is 19.1 Å². The number of hydrogen-bond acceptors (Lipinski definition) is 4. The Labute approximate surface area is 132 Å². The van der Waals surface area contributed by atoms with E-state index in [4.69, 9.17) is 0 Å². The van der Waals surface area contributed by atoms with Gasteiger partial charge >= 0.3 is 6.18 Å². The van der Waals surface area contributed by atoms with Gasteiger partial charge in [0.2, 0.25) is 0 Å². The number of aryl methyl sites for hydroxylation is 2. The van der Waals surface area contributed by atoms with E-state index in [9.17, 15) is 13.2 Å². The van der Waals surface area contributed by atoms with E-state index >= 15 is 0 Å². The number of fused-ring (bicyclic) bond motifs is 1. The van der Waals surface area contributed by atoms with E-state index in [2.05, 4.69) is 15.0 Å². The number of halogens is 3. The highest BCUT2D eigenvalue weighted by molar-refractivity contribution is 5.37. The van der Waals surface area contributed by atoms with Crippen molar-refractivity contribution in [2.24, 2.45) is 5.92 Å². The first-order valence-electron chi connectivity index (χ1n) is 7.46. The van der Waals surface area contributed by atoms with Crippen LogP contribution in [0.5, 0.6) is 0 Å². The maximum Gasteiger partial charge on any atom is 0.434 e. The molecule has 0 saturated carbocycles. The summed E-state index contributed by atoms with van der Waals surface area (Å²) in [5, 5.41) is 0. The fourth-order valence-corrected chi connectivity index (χ4v) is 2.93. The minimum Gasteiger partial charge on any atom is -0.359 e. The van der Waals surface area contributed by atoms with E-state index in [0.717, 1.165) is 30.7 Å². The summed E-state index contributed by atoms with van der Waals surface area (Å²) in [5.41, 5.74) is 0.0881. The first-order valence-corrected chi connectivity index (χ1v) is 7.46. The first kappa shape index (κ1) is 15.8. The minimum atomic E-state index is -4.38. The molecule has 1 atom stereocenters. The summed E-state index contributed by atoms with van der Waals surface area (Å²) in [7, 11) is 1.94. The van der Waals surface area contributed by atoms with Crippen LogP contribution in [0.1, 0.15) is 23.6 Å². The SMILES string of the molecule is Cc1cc(N(C)CC2CCc3nc(C(F)(F)F)cn3C2)ncn1. The summed E-state index contributed by atoms with van der Waals surface area (Å²) in [5.74, 6) is 1.61. The lowest BCUT2D eigenvalue weighted by Gasteiger charge is -2.28. The summed E-state index contributed by atoms with van der Waals surface area (Å²) in [6, 6.07) is 1.90. The van der Waals surface area contributed by atoms with Gasteiger partial charge in [-0.2, -0.15) is 13.2 Å². The van der Waals surface area contributed by atoms with Crippen LogP contribution in [-0.4, -0.2) is 33.1 Å². The second kappa shape index (κ2) is 5.82. The predicted octanol–water partition coefficient (Wildman–Crippen LogP) is 2.70. The standard InChI is InChI=1S/C15H18F3N5/c1-10-5-14(20-9-19-10)22(2)6-11-3-4-13-21-12(15(16,17)18)8-23(13)7-11/h5,8-9,11H,3-4,6-7H2,1-2H3. The van der Waals surface area contributed by atoms with Gasteiger partial charge in [0.25, 0.3) is 0 Å². The molecule has 1 unspecified atom stereocenters. The summed E-state index contributed by atoms with van der Waals surface area (Å²) in [6.07, 6.45) is -0.350. The molecule has 0 bridgehead atoms. The number of anilines is 1. The lowest BCUT2D eigenvalue weighted by molar-refractivity contribution is -0.141. The van der Waals surface area contributed by atoms with Crippen LogP contribution in [0.4, 0.5) is 19.0 Å². The predicted molar refractivity (Wildman–Crippen MR) is 79.1 cm³/mol. The van der Waals surface area contributed by atoms with Crippen LogP contribution in [0.15, 0.2) is 18.6 Å². The van der Waals surface area contributed by atoms with Crippen molar-refractivity contribution in [1.82, 2.24) is 19.5 Å². The molecule has 1 aliphatic heterocycles. The highest BCUT2D eigenvalue weighted by Gasteiger charge is 2.35. The molecule has 0 spiro atoms. The second-order valence-corrected chi connectivity index (χ2v) is 6.00. The van der Waals surface area contributed by atoms with Gasteiger partial charge in [-0.05, 0) is 19.3 Å². The smallest absolute Gasteiger partial charge is 0.359 e. The maximum atomic E-state index is 12.7. The fourth-order valence-electron chi connectivity index (χ4n) is 2.93. The van der Waals surface area contributed by atoms with Crippen molar-refractivity contribution in [2.75, 3.05) is 18.5 Å². The lowest BCUT2D eigenvalue weighted by Crippen LogP contribution is -2.32. The molecule has 0 fully saturated rings. The molecule has 1 aliphatic rings. The van der Waals surface area contributed by atoms with Crippen molar-refractivity contribution in [1.29, 1.82) is 0 Å². The first-order chi connectivity index (χ1) is 10.8. The van der Waals surface area contributed by atoms with Crippen LogP contribution in [0.3, 0.4) is 0 Å². The lowest BCUT2D eigenvalue weighted by atomic mass is 9.99. The molecule has 0 N–H and O–H groups in total. The minimum absolute atomic E-state index is 0.262. The van der Waals surface area contributed by atoms with Crippen LogP contribution in [0.25, 0.3) is 0 Å². The Morgan fingerprint density at radius 3 is 2.83 bits per heavy atom. The monoisotopic (exact) mass is 325 g/mol. The number of alkyl halides is 3. The van der Waals surface area contributed by atoms with Crippen molar-refractivity contribution < 1.29 is 13.2 Å². The van der Waals surface area contributed by atoms with E-state index in [1.54, 1.807) is 4.57 Å². The van der Waals surface area contributed by atoms with Crippen molar-refractivity contribution in [3.05, 3.63) is 35.8 Å². The van der Waals surface area contributed by atoms with Crippen LogP contribution >= 0.6 is 0 Å². The summed E-state index contributed by atoms with van der Waals surface area (Å²) in [6.45, 7) is 3.18. The molecule has 0 saturated heterocycles. The van der Waals surface area contributed by atoms with E-state index in [1.807, 2.05) is 24.9 Å². The Bertz CT molecular complexity index is 695. The molecular formula is C15H18F3N5. The fraction of sp³-hybridized carbons (Fsp3) is 0.533. The number of imidazole rings is 1. The van der Waals surface area contributed by atoms with Gasteiger partial charge in [0.05, 0.1) is 0 Å². The number of hydrogen-bond donors (Lipinski definition) is 0. The largest absolute Gasteiger partial charge is 0.434 e. The molecular weight excluding hydrogens is 307 g/mol. The van der Waals surface area contributed by atoms with Crippen molar-refractivity contribution in [2.45, 2.75) is 32.5 Å². The molecule has 3 rings (SSSR count). The second-order valence-electron chi connectivity index (χ2n) is 6.00. The van der Waals surface area contributed by atoms with Gasteiger partial charge in [-0.1, -0.05) is 0 Å². The molecule has 0 aliphatic carbocycles. The quantitative estimate of drug-likeness (QED) is 0.870. The van der Waals surface area contributed by atoms with E-state index in [-0.39, 0.29) is 5.92 Å². The summed E-state index contributed by atoms with van der Waals surface area (Å²) in [4.78, 5) is 14.0. The zero-order valence-electron chi connectivity index (χ0n) is 13.0. The Hall–Kier alpha value is -2.12. The zero-order chi connectivity index (χ0) is 16.6. The molecule has 5 nitrogen and oxygen atoms in total. The van der Waals surface area contributed by atoms with Gasteiger partial charge in [0.1, 0.15) is 18.0 Å². The van der Waals surface area contributed by atoms with Crippen molar-refractivity contribution in [3.63, 3.8) is 0 Å². The van der Waals surface area contributed by atoms with E-state index in [0.29, 0.717) is 18.8 Å². The molecule has 0 amide bonds. The van der Waals surface area contributed by atoms with E-state index < -0.39 is 11.9 Å². The molecule has 124 valence electrons. The number of aromatic nitrogens is 4. The number of nitrogens with zero attached hydrogens (tertiary/aromatic N) is 5. The molecule has 2 aromatic rings.